The van der Waals surface area contributed by atoms with Gasteiger partial charge in [-0.3, -0.25) is 4.55 Å². The number of ether oxygens (including phenoxy) is 1. The number of benzene rings is 2. The molecule has 1 N–H and O–H groups in total. The van der Waals surface area contributed by atoms with Gasteiger partial charge in [0.25, 0.3) is 10.1 Å². The molecule has 0 fully saturated rings. The van der Waals surface area contributed by atoms with Crippen molar-refractivity contribution in [1.29, 1.82) is 0 Å². The molecule has 32 heavy (non-hydrogen) atoms. The van der Waals surface area contributed by atoms with Crippen LogP contribution >= 0.6 is 0 Å². The largest absolute Gasteiger partial charge is 1.00 e. The van der Waals surface area contributed by atoms with Crippen LogP contribution in [0.25, 0.3) is 0 Å². The summed E-state index contributed by atoms with van der Waals surface area (Å²) in [7, 11) is -4.23. The molecule has 5 nitrogen and oxygen atoms in total. The molecule has 7 heteroatoms. The number of hydrogen-bond acceptors (Lipinski definition) is 4. The first-order valence-electron chi connectivity index (χ1n) is 11.5. The molecule has 0 atom stereocenters. The number of hydrogen-bond donors (Lipinski definition) is 1. The van der Waals surface area contributed by atoms with Crippen LogP contribution in [0.2, 0.25) is 0 Å². The first-order chi connectivity index (χ1) is 14.9. The molecule has 172 valence electrons. The van der Waals surface area contributed by atoms with Crippen LogP contribution in [0.4, 0.5) is 0 Å². The molecule has 0 aliphatic rings. The van der Waals surface area contributed by atoms with Crippen LogP contribution in [0.15, 0.2) is 47.4 Å². The second-order valence-electron chi connectivity index (χ2n) is 8.10. The van der Waals surface area contributed by atoms with Gasteiger partial charge in [-0.25, -0.2) is 0 Å². The normalized spacial score (nSPS) is 11.2. The third-order valence-corrected chi connectivity index (χ3v) is 6.31. The average molecular weight is 471 g/mol. The quantitative estimate of drug-likeness (QED) is 0.244. The van der Waals surface area contributed by atoms with Crippen molar-refractivity contribution in [3.8, 4) is 17.2 Å². The summed E-state index contributed by atoms with van der Waals surface area (Å²) < 4.78 is 36.8. The fourth-order valence-corrected chi connectivity index (χ4v) is 4.08. The van der Waals surface area contributed by atoms with Gasteiger partial charge in [0.1, 0.15) is 11.5 Å². The molecule has 0 radical (unpaired) electrons. The second-order valence-corrected chi connectivity index (χ2v) is 9.53. The van der Waals surface area contributed by atoms with Gasteiger partial charge in [-0.2, -0.15) is 8.42 Å². The Labute approximate surface area is 215 Å². The van der Waals surface area contributed by atoms with Crippen molar-refractivity contribution >= 4 is 10.1 Å². The molecule has 0 saturated carbocycles. The predicted octanol–water partition coefficient (Wildman–Crippen LogP) is 3.66. The molecule has 0 aliphatic carbocycles. The van der Waals surface area contributed by atoms with E-state index >= 15 is 0 Å². The minimum Gasteiger partial charge on any atom is -0.872 e. The summed E-state index contributed by atoms with van der Waals surface area (Å²) in [6.45, 7) is 2.24. The van der Waals surface area contributed by atoms with Gasteiger partial charge in [-0.05, 0) is 49.2 Å². The third-order valence-electron chi connectivity index (χ3n) is 5.45. The summed E-state index contributed by atoms with van der Waals surface area (Å²) in [5.41, 5.74) is 0.796. The Morgan fingerprint density at radius 1 is 0.781 bits per heavy atom. The number of aryl methyl sites for hydroxylation is 1. The molecule has 2 rings (SSSR count). The molecule has 0 aromatic heterocycles. The molecule has 2 aromatic rings. The average Bonchev–Trinajstić information content (AvgIpc) is 2.73. The van der Waals surface area contributed by atoms with Gasteiger partial charge in [0, 0.05) is 0 Å². The van der Waals surface area contributed by atoms with Crippen LogP contribution in [-0.4, -0.2) is 13.0 Å². The Morgan fingerprint density at radius 3 is 1.78 bits per heavy atom. The van der Waals surface area contributed by atoms with E-state index in [2.05, 4.69) is 6.92 Å². The molecular weight excluding hydrogens is 435 g/mol. The van der Waals surface area contributed by atoms with E-state index in [9.17, 15) is 13.5 Å². The predicted molar refractivity (Wildman–Crippen MR) is 122 cm³/mol. The molecule has 2 aromatic carbocycles. The van der Waals surface area contributed by atoms with Crippen molar-refractivity contribution in [3.05, 3.63) is 48.0 Å². The molecular formula is C25H35NaO5S. The van der Waals surface area contributed by atoms with Crippen LogP contribution in [-0.2, 0) is 16.5 Å². The topological polar surface area (TPSA) is 86.7 Å². The molecule has 0 unspecified atom stereocenters. The zero-order valence-electron chi connectivity index (χ0n) is 19.5. The fourth-order valence-electron chi connectivity index (χ4n) is 3.60. The maximum Gasteiger partial charge on any atom is 1.00 e. The first kappa shape index (κ1) is 29.0. The van der Waals surface area contributed by atoms with Crippen molar-refractivity contribution in [2.75, 3.05) is 0 Å². The number of rotatable bonds is 15. The standard InChI is InChI=1S/C25H36O5S.Na/c1-2-3-4-5-6-7-8-9-10-11-12-13-21-14-15-23(20-25(21)26)30-22-16-18-24(19-17-22)31(27,28)29;/h14-20,26H,2-13H2,1H3,(H,27,28,29);/q;+1/p-1. The van der Waals surface area contributed by atoms with Gasteiger partial charge in [0.15, 0.2) is 0 Å². The van der Waals surface area contributed by atoms with E-state index in [1.54, 1.807) is 12.1 Å². The molecule has 0 heterocycles. The van der Waals surface area contributed by atoms with Crippen molar-refractivity contribution in [3.63, 3.8) is 0 Å². The third kappa shape index (κ3) is 11.2. The van der Waals surface area contributed by atoms with Gasteiger partial charge in [-0.15, -0.1) is 5.75 Å². The molecule has 0 bridgehead atoms. The molecule has 0 amide bonds. The van der Waals surface area contributed by atoms with Crippen molar-refractivity contribution < 1.29 is 52.4 Å². The zero-order valence-corrected chi connectivity index (χ0v) is 22.3. The van der Waals surface area contributed by atoms with Gasteiger partial charge in [-0.1, -0.05) is 82.8 Å². The van der Waals surface area contributed by atoms with E-state index in [1.807, 2.05) is 0 Å². The van der Waals surface area contributed by atoms with E-state index in [-0.39, 0.29) is 40.2 Å². The Morgan fingerprint density at radius 2 is 1.28 bits per heavy atom. The van der Waals surface area contributed by atoms with Gasteiger partial charge in [0.05, 0.1) is 4.90 Å². The minimum absolute atomic E-state index is 0. The zero-order chi connectivity index (χ0) is 22.5. The van der Waals surface area contributed by atoms with Crippen LogP contribution in [0.1, 0.15) is 83.1 Å². The number of unbranched alkanes of at least 4 members (excludes halogenated alkanes) is 10. The van der Waals surface area contributed by atoms with E-state index in [1.165, 1.54) is 88.1 Å². The summed E-state index contributed by atoms with van der Waals surface area (Å²) in [4.78, 5) is -0.202. The summed E-state index contributed by atoms with van der Waals surface area (Å²) in [6, 6.07) is 10.4. The Balaban J connectivity index is 0.00000512. The second kappa shape index (κ2) is 15.7. The van der Waals surface area contributed by atoms with Gasteiger partial charge < -0.3 is 9.84 Å². The molecule has 0 spiro atoms. The first-order valence-corrected chi connectivity index (χ1v) is 12.9. The minimum atomic E-state index is -4.23. The Kier molecular flexibility index (Phi) is 14.2. The SMILES string of the molecule is CCCCCCCCCCCCCc1ccc(Oc2ccc(S(=O)(=O)O)cc2)cc1[O-].[Na+]. The molecule has 0 saturated heterocycles. The Bertz CT molecular complexity index is 882. The van der Waals surface area contributed by atoms with Crippen molar-refractivity contribution in [2.24, 2.45) is 0 Å². The monoisotopic (exact) mass is 470 g/mol. The fraction of sp³-hybridized carbons (Fsp3) is 0.520. The van der Waals surface area contributed by atoms with Gasteiger partial charge in [0.2, 0.25) is 0 Å². The molecule has 0 aliphatic heterocycles. The van der Waals surface area contributed by atoms with E-state index < -0.39 is 10.1 Å². The van der Waals surface area contributed by atoms with Crippen LogP contribution in [0, 0.1) is 0 Å². The van der Waals surface area contributed by atoms with Crippen LogP contribution in [0.5, 0.6) is 17.2 Å². The van der Waals surface area contributed by atoms with Crippen LogP contribution < -0.4 is 39.4 Å². The summed E-state index contributed by atoms with van der Waals surface area (Å²) in [6.07, 6.45) is 14.9. The van der Waals surface area contributed by atoms with E-state index in [0.717, 1.165) is 24.8 Å². The van der Waals surface area contributed by atoms with Crippen molar-refractivity contribution in [2.45, 2.75) is 88.9 Å². The van der Waals surface area contributed by atoms with Gasteiger partial charge >= 0.3 is 29.6 Å². The van der Waals surface area contributed by atoms with Crippen LogP contribution in [0.3, 0.4) is 0 Å². The maximum absolute atomic E-state index is 12.3. The summed E-state index contributed by atoms with van der Waals surface area (Å²) in [5, 5.41) is 12.3. The van der Waals surface area contributed by atoms with Crippen molar-refractivity contribution in [1.82, 2.24) is 0 Å². The maximum atomic E-state index is 12.3. The van der Waals surface area contributed by atoms with E-state index in [0.29, 0.717) is 11.5 Å². The summed E-state index contributed by atoms with van der Waals surface area (Å²) in [5.74, 6) is 0.761. The Hall–Kier alpha value is -1.05. The van der Waals surface area contributed by atoms with E-state index in [4.69, 9.17) is 9.29 Å². The summed E-state index contributed by atoms with van der Waals surface area (Å²) >= 11 is 0. The smallest absolute Gasteiger partial charge is 0.872 e.